The Morgan fingerprint density at radius 3 is 2.71 bits per heavy atom. The van der Waals surface area contributed by atoms with Crippen molar-refractivity contribution in [3.8, 4) is 0 Å². The quantitative estimate of drug-likeness (QED) is 0.543. The third-order valence-electron chi connectivity index (χ3n) is 3.34. The average Bonchev–Trinajstić information content (AvgIpc) is 2.99. The minimum absolute atomic E-state index is 0.137. The monoisotopic (exact) mass is 311 g/mol. The Morgan fingerprint density at radius 2 is 1.90 bits per heavy atom. The van der Waals surface area contributed by atoms with Crippen molar-refractivity contribution >= 4 is 62.2 Å². The SMILES string of the molecule is O=C1NC(=S)S/C1=C/c1ccc2oc3ccccc3c2c1. The van der Waals surface area contributed by atoms with Crippen molar-refractivity contribution in [3.63, 3.8) is 0 Å². The molecule has 0 radical (unpaired) electrons. The molecule has 1 fully saturated rings. The maximum absolute atomic E-state index is 11.7. The molecule has 0 unspecified atom stereocenters. The summed E-state index contributed by atoms with van der Waals surface area (Å²) in [7, 11) is 0. The maximum atomic E-state index is 11.7. The van der Waals surface area contributed by atoms with Gasteiger partial charge in [0.2, 0.25) is 0 Å². The molecule has 1 amide bonds. The van der Waals surface area contributed by atoms with Gasteiger partial charge in [-0.1, -0.05) is 48.2 Å². The van der Waals surface area contributed by atoms with E-state index in [1.807, 2.05) is 48.5 Å². The highest BCUT2D eigenvalue weighted by molar-refractivity contribution is 8.26. The van der Waals surface area contributed by atoms with Crippen LogP contribution in [0.25, 0.3) is 28.0 Å². The van der Waals surface area contributed by atoms with Crippen molar-refractivity contribution in [1.82, 2.24) is 5.32 Å². The second-order valence-corrected chi connectivity index (χ2v) is 6.42. The summed E-state index contributed by atoms with van der Waals surface area (Å²) in [5.74, 6) is -0.137. The van der Waals surface area contributed by atoms with E-state index in [9.17, 15) is 4.79 Å². The number of hydrogen-bond acceptors (Lipinski definition) is 4. The minimum Gasteiger partial charge on any atom is -0.456 e. The molecule has 5 heteroatoms. The number of fused-ring (bicyclic) bond motifs is 3. The number of hydrogen-bond donors (Lipinski definition) is 1. The Balaban J connectivity index is 1.87. The molecular weight excluding hydrogens is 302 g/mol. The molecule has 0 bridgehead atoms. The highest BCUT2D eigenvalue weighted by Crippen LogP contribution is 2.31. The Morgan fingerprint density at radius 1 is 1.10 bits per heavy atom. The smallest absolute Gasteiger partial charge is 0.263 e. The number of benzene rings is 2. The molecule has 1 aromatic heterocycles. The van der Waals surface area contributed by atoms with Crippen LogP contribution in [-0.4, -0.2) is 10.2 Å². The first-order valence-electron chi connectivity index (χ1n) is 6.37. The van der Waals surface area contributed by atoms with E-state index >= 15 is 0 Å². The Labute approximate surface area is 130 Å². The topological polar surface area (TPSA) is 42.2 Å². The van der Waals surface area contributed by atoms with Crippen molar-refractivity contribution in [2.75, 3.05) is 0 Å². The van der Waals surface area contributed by atoms with Crippen LogP contribution in [-0.2, 0) is 4.79 Å². The number of thioether (sulfide) groups is 1. The highest BCUT2D eigenvalue weighted by atomic mass is 32.2. The normalized spacial score (nSPS) is 17.0. The first-order valence-corrected chi connectivity index (χ1v) is 7.59. The van der Waals surface area contributed by atoms with E-state index < -0.39 is 0 Å². The summed E-state index contributed by atoms with van der Waals surface area (Å²) in [5, 5.41) is 4.74. The largest absolute Gasteiger partial charge is 0.456 e. The third-order valence-corrected chi connectivity index (χ3v) is 4.50. The van der Waals surface area contributed by atoms with E-state index in [1.54, 1.807) is 0 Å². The van der Waals surface area contributed by atoms with Crippen LogP contribution in [0.1, 0.15) is 5.56 Å². The second kappa shape index (κ2) is 4.72. The van der Waals surface area contributed by atoms with E-state index in [0.29, 0.717) is 9.23 Å². The van der Waals surface area contributed by atoms with Crippen LogP contribution in [0.2, 0.25) is 0 Å². The lowest BCUT2D eigenvalue weighted by Gasteiger charge is -1.96. The average molecular weight is 311 g/mol. The fourth-order valence-corrected chi connectivity index (χ4v) is 3.45. The zero-order valence-electron chi connectivity index (χ0n) is 10.8. The van der Waals surface area contributed by atoms with Crippen LogP contribution in [0, 0.1) is 0 Å². The van der Waals surface area contributed by atoms with Gasteiger partial charge >= 0.3 is 0 Å². The predicted octanol–water partition coefficient (Wildman–Crippen LogP) is 4.07. The molecule has 1 saturated heterocycles. The van der Waals surface area contributed by atoms with Gasteiger partial charge < -0.3 is 9.73 Å². The van der Waals surface area contributed by atoms with E-state index in [2.05, 4.69) is 5.32 Å². The van der Waals surface area contributed by atoms with Gasteiger partial charge in [-0.15, -0.1) is 0 Å². The fourth-order valence-electron chi connectivity index (χ4n) is 2.41. The summed E-state index contributed by atoms with van der Waals surface area (Å²) in [5.41, 5.74) is 2.67. The highest BCUT2D eigenvalue weighted by Gasteiger charge is 2.22. The van der Waals surface area contributed by atoms with Crippen LogP contribution in [0.15, 0.2) is 51.8 Å². The number of carbonyl (C=O) groups is 1. The summed E-state index contributed by atoms with van der Waals surface area (Å²) < 4.78 is 6.29. The third kappa shape index (κ3) is 2.14. The predicted molar refractivity (Wildman–Crippen MR) is 90.0 cm³/mol. The van der Waals surface area contributed by atoms with E-state index in [0.717, 1.165) is 27.5 Å². The molecule has 0 saturated carbocycles. The molecule has 1 aliphatic heterocycles. The molecule has 0 atom stereocenters. The van der Waals surface area contributed by atoms with Gasteiger partial charge in [0.15, 0.2) is 0 Å². The zero-order valence-corrected chi connectivity index (χ0v) is 12.4. The van der Waals surface area contributed by atoms with Crippen molar-refractivity contribution in [2.45, 2.75) is 0 Å². The number of thiocarbonyl (C=S) groups is 1. The molecule has 21 heavy (non-hydrogen) atoms. The van der Waals surface area contributed by atoms with E-state index in [-0.39, 0.29) is 5.91 Å². The van der Waals surface area contributed by atoms with E-state index in [4.69, 9.17) is 16.6 Å². The first-order chi connectivity index (χ1) is 10.2. The number of para-hydroxylation sites is 1. The molecule has 2 heterocycles. The van der Waals surface area contributed by atoms with Gasteiger partial charge in [0.25, 0.3) is 5.91 Å². The van der Waals surface area contributed by atoms with Crippen LogP contribution >= 0.6 is 24.0 Å². The number of furan rings is 1. The van der Waals surface area contributed by atoms with Crippen LogP contribution < -0.4 is 5.32 Å². The number of carbonyl (C=O) groups excluding carboxylic acids is 1. The second-order valence-electron chi connectivity index (χ2n) is 4.71. The van der Waals surface area contributed by atoms with E-state index in [1.165, 1.54) is 11.8 Å². The molecule has 4 rings (SSSR count). The molecule has 0 spiro atoms. The Hall–Kier alpha value is -2.11. The molecule has 102 valence electrons. The lowest BCUT2D eigenvalue weighted by atomic mass is 10.1. The van der Waals surface area contributed by atoms with Gasteiger partial charge in [0.1, 0.15) is 15.5 Å². The van der Waals surface area contributed by atoms with Gasteiger partial charge in [-0.2, -0.15) is 0 Å². The first kappa shape index (κ1) is 12.6. The van der Waals surface area contributed by atoms with Gasteiger partial charge in [-0.25, -0.2) is 0 Å². The summed E-state index contributed by atoms with van der Waals surface area (Å²) in [6, 6.07) is 13.8. The van der Waals surface area contributed by atoms with Gasteiger partial charge in [-0.05, 0) is 29.8 Å². The fraction of sp³-hybridized carbons (Fsp3) is 0. The molecule has 3 aromatic rings. The molecular formula is C16H9NO2S2. The minimum atomic E-state index is -0.137. The van der Waals surface area contributed by atoms with Gasteiger partial charge in [0, 0.05) is 10.8 Å². The lowest BCUT2D eigenvalue weighted by molar-refractivity contribution is -0.115. The van der Waals surface area contributed by atoms with Gasteiger partial charge in [0.05, 0.1) is 4.91 Å². The van der Waals surface area contributed by atoms with Crippen LogP contribution in [0.5, 0.6) is 0 Å². The van der Waals surface area contributed by atoms with Gasteiger partial charge in [-0.3, -0.25) is 4.79 Å². The van der Waals surface area contributed by atoms with Crippen LogP contribution in [0.4, 0.5) is 0 Å². The number of amides is 1. The Bertz CT molecular complexity index is 940. The van der Waals surface area contributed by atoms with Crippen molar-refractivity contribution in [1.29, 1.82) is 0 Å². The summed E-state index contributed by atoms with van der Waals surface area (Å²) in [4.78, 5) is 12.3. The molecule has 3 nitrogen and oxygen atoms in total. The summed E-state index contributed by atoms with van der Waals surface area (Å²) >= 11 is 6.28. The number of nitrogens with one attached hydrogen (secondary N) is 1. The van der Waals surface area contributed by atoms with Crippen LogP contribution in [0.3, 0.4) is 0 Å². The lowest BCUT2D eigenvalue weighted by Crippen LogP contribution is -2.17. The number of rotatable bonds is 1. The molecule has 1 N–H and O–H groups in total. The van der Waals surface area contributed by atoms with Crippen molar-refractivity contribution in [3.05, 3.63) is 52.9 Å². The Kier molecular flexibility index (Phi) is 2.83. The van der Waals surface area contributed by atoms with Crippen molar-refractivity contribution in [2.24, 2.45) is 0 Å². The summed E-state index contributed by atoms with van der Waals surface area (Å²) in [6.07, 6.45) is 1.85. The molecule has 1 aliphatic rings. The maximum Gasteiger partial charge on any atom is 0.263 e. The van der Waals surface area contributed by atoms with Crippen molar-refractivity contribution < 1.29 is 9.21 Å². The molecule has 2 aromatic carbocycles. The summed E-state index contributed by atoms with van der Waals surface area (Å²) in [6.45, 7) is 0. The zero-order chi connectivity index (χ0) is 14.4. The molecule has 0 aliphatic carbocycles. The standard InChI is InChI=1S/C16H9NO2S2/c18-15-14(21-16(20)17-15)8-9-5-6-13-11(7-9)10-3-1-2-4-12(10)19-13/h1-8H,(H,17,18,20)/b14-8+.